The van der Waals surface area contributed by atoms with E-state index in [1.807, 2.05) is 19.9 Å². The van der Waals surface area contributed by atoms with Crippen molar-refractivity contribution >= 4 is 5.97 Å². The summed E-state index contributed by atoms with van der Waals surface area (Å²) in [7, 11) is 0. The number of hydrogen-bond acceptors (Lipinski definition) is 2. The Bertz CT molecular complexity index is 335. The number of rotatable bonds is 2. The average Bonchev–Trinajstić information content (AvgIpc) is 2.23. The Kier molecular flexibility index (Phi) is 2.91. The fourth-order valence-electron chi connectivity index (χ4n) is 1.47. The molecular weight excluding hydrogens is 178 g/mol. The molecule has 0 aromatic rings. The smallest absolute Gasteiger partial charge is 0.335 e. The van der Waals surface area contributed by atoms with Crippen molar-refractivity contribution in [1.82, 2.24) is 0 Å². The Balaban J connectivity index is 3.09. The molecule has 0 saturated heterocycles. The number of carbonyl (C=O) groups is 1. The number of nitrogens with two attached hydrogens (primary N) is 1. The van der Waals surface area contributed by atoms with Crippen molar-refractivity contribution in [3.8, 4) is 0 Å². The molecule has 0 spiro atoms. The molecule has 0 unspecified atom stereocenters. The molecule has 0 aromatic heterocycles. The minimum Gasteiger partial charge on any atom is -0.478 e. The van der Waals surface area contributed by atoms with Gasteiger partial charge in [-0.25, -0.2) is 4.79 Å². The third kappa shape index (κ3) is 2.57. The summed E-state index contributed by atoms with van der Waals surface area (Å²) in [5.74, 6) is -0.902. The SMILES string of the molecule is CC1(C)C=C(CN)C=CC(C(=O)O)=C1. The van der Waals surface area contributed by atoms with Gasteiger partial charge in [-0.2, -0.15) is 0 Å². The average molecular weight is 193 g/mol. The van der Waals surface area contributed by atoms with Crippen molar-refractivity contribution in [3.63, 3.8) is 0 Å². The van der Waals surface area contributed by atoms with Crippen molar-refractivity contribution in [1.29, 1.82) is 0 Å². The van der Waals surface area contributed by atoms with Crippen LogP contribution in [0.5, 0.6) is 0 Å². The molecule has 0 heterocycles. The Morgan fingerprint density at radius 1 is 1.43 bits per heavy atom. The minimum atomic E-state index is -0.902. The monoisotopic (exact) mass is 193 g/mol. The van der Waals surface area contributed by atoms with E-state index in [2.05, 4.69) is 0 Å². The Morgan fingerprint density at radius 3 is 2.57 bits per heavy atom. The molecule has 0 fully saturated rings. The van der Waals surface area contributed by atoms with Crippen molar-refractivity contribution in [3.05, 3.63) is 35.5 Å². The van der Waals surface area contributed by atoms with Crippen molar-refractivity contribution < 1.29 is 9.90 Å². The molecule has 1 aliphatic carbocycles. The highest BCUT2D eigenvalue weighted by atomic mass is 16.4. The molecule has 0 radical (unpaired) electrons. The predicted molar refractivity (Wildman–Crippen MR) is 55.8 cm³/mol. The van der Waals surface area contributed by atoms with Gasteiger partial charge in [-0.3, -0.25) is 0 Å². The number of carboxylic acids is 1. The molecule has 3 heteroatoms. The fourth-order valence-corrected chi connectivity index (χ4v) is 1.47. The van der Waals surface area contributed by atoms with Gasteiger partial charge in [0.05, 0.1) is 5.57 Å². The quantitative estimate of drug-likeness (QED) is 0.698. The van der Waals surface area contributed by atoms with E-state index in [0.29, 0.717) is 12.1 Å². The van der Waals surface area contributed by atoms with Crippen molar-refractivity contribution in [2.75, 3.05) is 6.54 Å². The van der Waals surface area contributed by atoms with Gasteiger partial charge in [0.25, 0.3) is 0 Å². The maximum atomic E-state index is 10.8. The van der Waals surface area contributed by atoms with E-state index >= 15 is 0 Å². The molecule has 0 atom stereocenters. The normalized spacial score (nSPS) is 19.6. The second-order valence-corrected chi connectivity index (χ2v) is 3.98. The third-order valence-electron chi connectivity index (χ3n) is 2.04. The summed E-state index contributed by atoms with van der Waals surface area (Å²) in [5.41, 5.74) is 6.54. The van der Waals surface area contributed by atoms with E-state index in [-0.39, 0.29) is 5.41 Å². The zero-order chi connectivity index (χ0) is 10.8. The fraction of sp³-hybridized carbons (Fsp3) is 0.364. The topological polar surface area (TPSA) is 63.3 Å². The zero-order valence-corrected chi connectivity index (χ0v) is 8.45. The second kappa shape index (κ2) is 3.80. The number of carboxylic acid groups (broad SMARTS) is 1. The molecule has 0 aliphatic heterocycles. The summed E-state index contributed by atoms with van der Waals surface area (Å²) < 4.78 is 0. The van der Waals surface area contributed by atoms with Crippen molar-refractivity contribution in [2.45, 2.75) is 13.8 Å². The van der Waals surface area contributed by atoms with Crippen LogP contribution < -0.4 is 5.73 Å². The Morgan fingerprint density at radius 2 is 2.07 bits per heavy atom. The largest absolute Gasteiger partial charge is 0.478 e. The zero-order valence-electron chi connectivity index (χ0n) is 8.45. The van der Waals surface area contributed by atoms with Crippen LogP contribution in [0.25, 0.3) is 0 Å². The molecule has 0 saturated carbocycles. The summed E-state index contributed by atoms with van der Waals surface area (Å²) in [6, 6.07) is 0. The van der Waals surface area contributed by atoms with Gasteiger partial charge in [0.15, 0.2) is 0 Å². The second-order valence-electron chi connectivity index (χ2n) is 3.98. The number of aliphatic carboxylic acids is 1. The summed E-state index contributed by atoms with van der Waals surface area (Å²) >= 11 is 0. The molecule has 3 nitrogen and oxygen atoms in total. The molecule has 3 N–H and O–H groups in total. The van der Waals surface area contributed by atoms with Crippen LogP contribution in [0.4, 0.5) is 0 Å². The van der Waals surface area contributed by atoms with E-state index in [1.54, 1.807) is 18.2 Å². The first kappa shape index (κ1) is 10.7. The molecular formula is C11H15NO2. The first-order valence-electron chi connectivity index (χ1n) is 4.50. The molecule has 0 amide bonds. The minimum absolute atomic E-state index is 0.258. The molecule has 76 valence electrons. The van der Waals surface area contributed by atoms with Gasteiger partial charge in [0.2, 0.25) is 0 Å². The van der Waals surface area contributed by atoms with Crippen molar-refractivity contribution in [2.24, 2.45) is 11.1 Å². The van der Waals surface area contributed by atoms with Crippen LogP contribution >= 0.6 is 0 Å². The molecule has 1 aliphatic rings. The lowest BCUT2D eigenvalue weighted by Gasteiger charge is -2.15. The Hall–Kier alpha value is -1.35. The van der Waals surface area contributed by atoms with Crippen LogP contribution in [0.2, 0.25) is 0 Å². The van der Waals surface area contributed by atoms with Crippen LogP contribution in [0.15, 0.2) is 35.5 Å². The van der Waals surface area contributed by atoms with Crippen LogP contribution in [0, 0.1) is 5.41 Å². The summed E-state index contributed by atoms with van der Waals surface area (Å²) in [6.07, 6.45) is 7.07. The number of hydrogen-bond donors (Lipinski definition) is 2. The number of allylic oxidation sites excluding steroid dienone is 2. The molecule has 14 heavy (non-hydrogen) atoms. The van der Waals surface area contributed by atoms with E-state index in [9.17, 15) is 4.79 Å². The van der Waals surface area contributed by atoms with Gasteiger partial charge in [-0.15, -0.1) is 0 Å². The lowest BCUT2D eigenvalue weighted by atomic mass is 9.90. The lowest BCUT2D eigenvalue weighted by Crippen LogP contribution is -2.09. The molecule has 0 bridgehead atoms. The van der Waals surface area contributed by atoms with Gasteiger partial charge < -0.3 is 10.8 Å². The van der Waals surface area contributed by atoms with Crippen LogP contribution in [0.1, 0.15) is 13.8 Å². The van der Waals surface area contributed by atoms with Gasteiger partial charge in [-0.05, 0) is 11.6 Å². The maximum absolute atomic E-state index is 10.8. The molecule has 1 rings (SSSR count). The summed E-state index contributed by atoms with van der Waals surface area (Å²) in [6.45, 7) is 4.35. The highest BCUT2D eigenvalue weighted by Gasteiger charge is 2.17. The van der Waals surface area contributed by atoms with E-state index in [1.165, 1.54) is 0 Å². The maximum Gasteiger partial charge on any atom is 0.335 e. The Labute approximate surface area is 83.6 Å². The highest BCUT2D eigenvalue weighted by Crippen LogP contribution is 2.26. The van der Waals surface area contributed by atoms with E-state index < -0.39 is 5.97 Å². The standard InChI is InChI=1S/C11H15NO2/c1-11(2)5-8(7-12)3-4-9(6-11)10(13)14/h3-6H,7,12H2,1-2H3,(H,13,14). The summed E-state index contributed by atoms with van der Waals surface area (Å²) in [4.78, 5) is 10.8. The van der Waals surface area contributed by atoms with Crippen LogP contribution in [0.3, 0.4) is 0 Å². The third-order valence-corrected chi connectivity index (χ3v) is 2.04. The van der Waals surface area contributed by atoms with Crippen LogP contribution in [-0.2, 0) is 4.79 Å². The first-order valence-corrected chi connectivity index (χ1v) is 4.50. The molecule has 0 aromatic carbocycles. The van der Waals surface area contributed by atoms with Gasteiger partial charge in [-0.1, -0.05) is 32.1 Å². The van der Waals surface area contributed by atoms with E-state index in [4.69, 9.17) is 10.8 Å². The highest BCUT2D eigenvalue weighted by molar-refractivity contribution is 5.90. The predicted octanol–water partition coefficient (Wildman–Crippen LogP) is 1.48. The van der Waals surface area contributed by atoms with Gasteiger partial charge in [0, 0.05) is 12.0 Å². The van der Waals surface area contributed by atoms with Gasteiger partial charge in [0.1, 0.15) is 0 Å². The lowest BCUT2D eigenvalue weighted by molar-refractivity contribution is -0.132. The van der Waals surface area contributed by atoms with Crippen LogP contribution in [-0.4, -0.2) is 17.6 Å². The van der Waals surface area contributed by atoms with E-state index in [0.717, 1.165) is 5.57 Å². The van der Waals surface area contributed by atoms with Gasteiger partial charge >= 0.3 is 5.97 Å². The first-order chi connectivity index (χ1) is 6.44. The summed E-state index contributed by atoms with van der Waals surface area (Å²) in [5, 5.41) is 8.88.